The van der Waals surface area contributed by atoms with E-state index in [4.69, 9.17) is 20.4 Å². The Balaban J connectivity index is 1.46. The minimum Gasteiger partial charge on any atom is -0.494 e. The number of ether oxygens (including phenoxy) is 1. The van der Waals surface area contributed by atoms with Gasteiger partial charge in [-0.3, -0.25) is 9.69 Å². The number of nitrogens with zero attached hydrogens (tertiary/aromatic N) is 7. The lowest BCUT2D eigenvalue weighted by Crippen LogP contribution is -2.45. The van der Waals surface area contributed by atoms with E-state index in [1.54, 1.807) is 39.2 Å². The zero-order valence-corrected chi connectivity index (χ0v) is 24.4. The summed E-state index contributed by atoms with van der Waals surface area (Å²) < 4.78 is 10.0. The first-order valence-electron chi connectivity index (χ1n) is 14.2. The van der Waals surface area contributed by atoms with Gasteiger partial charge < -0.3 is 29.4 Å². The lowest BCUT2D eigenvalue weighted by Gasteiger charge is -2.30. The number of aromatic nitrogens is 4. The quantitative estimate of drug-likeness (QED) is 0.386. The number of amides is 3. The van der Waals surface area contributed by atoms with Gasteiger partial charge in [-0.1, -0.05) is 0 Å². The fraction of sp³-hybridized carbons (Fsp3) is 0.467. The van der Waals surface area contributed by atoms with Crippen LogP contribution in [0.1, 0.15) is 36.0 Å². The van der Waals surface area contributed by atoms with Crippen LogP contribution < -0.4 is 15.4 Å². The summed E-state index contributed by atoms with van der Waals surface area (Å²) in [5.41, 5.74) is 9.97. The van der Waals surface area contributed by atoms with Gasteiger partial charge >= 0.3 is 6.03 Å². The van der Waals surface area contributed by atoms with E-state index in [2.05, 4.69) is 10.6 Å². The van der Waals surface area contributed by atoms with Gasteiger partial charge in [-0.25, -0.2) is 14.8 Å². The largest absolute Gasteiger partial charge is 0.494 e. The van der Waals surface area contributed by atoms with Crippen LogP contribution in [0.4, 0.5) is 10.6 Å². The highest BCUT2D eigenvalue weighted by Crippen LogP contribution is 2.38. The number of carbonyl (C=O) groups excluding carboxylic acids is 2. The fourth-order valence-electron chi connectivity index (χ4n) is 5.83. The molecule has 0 unspecified atom stereocenters. The molecule has 1 aromatic carbocycles. The molecule has 3 aromatic heterocycles. The minimum absolute atomic E-state index is 0.00285. The number of carbonyl (C=O) groups is 2. The first-order chi connectivity index (χ1) is 19.7. The normalized spacial score (nSPS) is 17.3. The molecule has 0 radical (unpaired) electrons. The molecule has 2 N–H and O–H groups in total. The van der Waals surface area contributed by atoms with Crippen LogP contribution in [0.25, 0.3) is 33.6 Å². The van der Waals surface area contributed by atoms with Gasteiger partial charge in [0, 0.05) is 64.8 Å². The Morgan fingerprint density at radius 3 is 2.56 bits per heavy atom. The average molecular weight is 559 g/mol. The Labute approximate surface area is 239 Å². The Bertz CT molecular complexity index is 1650. The van der Waals surface area contributed by atoms with Crippen molar-refractivity contribution < 1.29 is 14.3 Å². The number of nitrogens with two attached hydrogens (primary N) is 1. The summed E-state index contributed by atoms with van der Waals surface area (Å²) in [6, 6.07) is 9.51. The number of likely N-dealkylation sites (tertiary alicyclic amines) is 1. The van der Waals surface area contributed by atoms with Gasteiger partial charge in [-0.2, -0.15) is 0 Å². The van der Waals surface area contributed by atoms with E-state index in [9.17, 15) is 9.59 Å². The van der Waals surface area contributed by atoms with E-state index in [1.807, 2.05) is 34.7 Å². The van der Waals surface area contributed by atoms with E-state index in [1.165, 1.54) is 17.7 Å². The molecule has 2 fully saturated rings. The van der Waals surface area contributed by atoms with Gasteiger partial charge in [-0.15, -0.1) is 0 Å². The highest BCUT2D eigenvalue weighted by atomic mass is 16.5. The molecule has 216 valence electrons. The van der Waals surface area contributed by atoms with Crippen molar-refractivity contribution in [3.63, 3.8) is 0 Å². The summed E-state index contributed by atoms with van der Waals surface area (Å²) in [4.78, 5) is 41.0. The molecule has 4 heterocycles. The number of hydrogen-bond donors (Lipinski definition) is 1. The zero-order valence-electron chi connectivity index (χ0n) is 24.4. The number of rotatable bonds is 6. The summed E-state index contributed by atoms with van der Waals surface area (Å²) >= 11 is 0. The number of imidazole rings is 1. The third-order valence-corrected chi connectivity index (χ3v) is 8.26. The molecule has 11 nitrogen and oxygen atoms in total. The van der Waals surface area contributed by atoms with Gasteiger partial charge in [-0.05, 0) is 61.9 Å². The van der Waals surface area contributed by atoms with E-state index in [-0.39, 0.29) is 18.0 Å². The predicted molar refractivity (Wildman–Crippen MR) is 159 cm³/mol. The van der Waals surface area contributed by atoms with Gasteiger partial charge in [0.15, 0.2) is 5.82 Å². The van der Waals surface area contributed by atoms with Crippen molar-refractivity contribution in [2.45, 2.75) is 38.3 Å². The van der Waals surface area contributed by atoms with E-state index < -0.39 is 0 Å². The standard InChI is InChI=1S/C30H38N8O3/c1-34(2)30(40)35(3)25-11-10-19-14-23(38(27(19)33-25)16-18-8-9-18)28-32-22-13-20(15-24(41-5)26(22)36(28)4)29(39)37-12-6-7-21(31)17-37/h10-11,13-15,18,21H,6-9,12,16-17,31H2,1-5H3/t21-/m1/s1. The summed E-state index contributed by atoms with van der Waals surface area (Å²) in [5, 5.41) is 0.978. The van der Waals surface area contributed by atoms with Crippen molar-refractivity contribution in [3.8, 4) is 17.3 Å². The van der Waals surface area contributed by atoms with E-state index in [0.29, 0.717) is 41.7 Å². The van der Waals surface area contributed by atoms with Gasteiger partial charge in [0.2, 0.25) is 0 Å². The van der Waals surface area contributed by atoms with Gasteiger partial charge in [0.05, 0.1) is 18.3 Å². The van der Waals surface area contributed by atoms with Gasteiger partial charge in [0.1, 0.15) is 22.7 Å². The predicted octanol–water partition coefficient (Wildman–Crippen LogP) is 3.69. The third-order valence-electron chi connectivity index (χ3n) is 8.26. The van der Waals surface area contributed by atoms with Crippen molar-refractivity contribution in [2.24, 2.45) is 18.7 Å². The average Bonchev–Trinajstić information content (AvgIpc) is 3.64. The summed E-state index contributed by atoms with van der Waals surface area (Å²) in [6.45, 7) is 2.07. The van der Waals surface area contributed by atoms with E-state index in [0.717, 1.165) is 47.5 Å². The number of urea groups is 1. The number of anilines is 1. The maximum atomic E-state index is 13.4. The molecule has 1 saturated heterocycles. The summed E-state index contributed by atoms with van der Waals surface area (Å²) in [5.74, 6) is 2.48. The number of benzene rings is 1. The van der Waals surface area contributed by atoms with Crippen molar-refractivity contribution >= 4 is 39.8 Å². The molecule has 1 saturated carbocycles. The SMILES string of the molecule is COc1cc(C(=O)N2CCC[C@@H](N)C2)cc2nc(-c3cc4ccc(N(C)C(=O)N(C)C)nc4n3CC3CC3)n(C)c12. The number of fused-ring (bicyclic) bond motifs is 2. The molecule has 1 aliphatic heterocycles. The molecule has 2 aliphatic rings. The monoisotopic (exact) mass is 558 g/mol. The molecular formula is C30H38N8O3. The molecule has 6 rings (SSSR count). The lowest BCUT2D eigenvalue weighted by atomic mass is 10.0. The van der Waals surface area contributed by atoms with Crippen molar-refractivity contribution in [2.75, 3.05) is 46.2 Å². The highest BCUT2D eigenvalue weighted by molar-refractivity contribution is 6.00. The summed E-state index contributed by atoms with van der Waals surface area (Å²) in [7, 11) is 8.78. The Hall–Kier alpha value is -4.12. The second kappa shape index (κ2) is 10.4. The molecule has 1 aliphatic carbocycles. The Kier molecular flexibility index (Phi) is 6.85. The van der Waals surface area contributed by atoms with Crippen LogP contribution in [0.3, 0.4) is 0 Å². The van der Waals surface area contributed by atoms with Crippen molar-refractivity contribution in [3.05, 3.63) is 35.9 Å². The first kappa shape index (κ1) is 27.1. The molecular weight excluding hydrogens is 520 g/mol. The lowest BCUT2D eigenvalue weighted by molar-refractivity contribution is 0.0708. The van der Waals surface area contributed by atoms with Crippen LogP contribution in [-0.4, -0.2) is 88.2 Å². The Morgan fingerprint density at radius 1 is 1.10 bits per heavy atom. The van der Waals surface area contributed by atoms with Crippen molar-refractivity contribution in [1.82, 2.24) is 28.9 Å². The third kappa shape index (κ3) is 4.88. The van der Waals surface area contributed by atoms with E-state index >= 15 is 0 Å². The molecule has 0 spiro atoms. The maximum Gasteiger partial charge on any atom is 0.324 e. The first-order valence-corrected chi connectivity index (χ1v) is 14.2. The second-order valence-corrected chi connectivity index (χ2v) is 11.6. The summed E-state index contributed by atoms with van der Waals surface area (Å²) in [6.07, 6.45) is 4.20. The van der Waals surface area contributed by atoms with Crippen LogP contribution in [0.2, 0.25) is 0 Å². The van der Waals surface area contributed by atoms with Gasteiger partial charge in [0.25, 0.3) is 5.91 Å². The minimum atomic E-state index is -0.142. The van der Waals surface area contributed by atoms with Crippen LogP contribution in [-0.2, 0) is 13.6 Å². The molecule has 1 atom stereocenters. The molecule has 0 bridgehead atoms. The van der Waals surface area contributed by atoms with Crippen LogP contribution >= 0.6 is 0 Å². The molecule has 41 heavy (non-hydrogen) atoms. The smallest absolute Gasteiger partial charge is 0.324 e. The number of piperidine rings is 1. The second-order valence-electron chi connectivity index (χ2n) is 11.6. The highest BCUT2D eigenvalue weighted by Gasteiger charge is 2.28. The van der Waals surface area contributed by atoms with Crippen LogP contribution in [0.15, 0.2) is 30.3 Å². The Morgan fingerprint density at radius 2 is 1.88 bits per heavy atom. The van der Waals surface area contributed by atoms with Crippen molar-refractivity contribution in [1.29, 1.82) is 0 Å². The number of pyridine rings is 1. The number of aryl methyl sites for hydroxylation is 1. The number of hydrogen-bond acceptors (Lipinski definition) is 6. The zero-order chi connectivity index (χ0) is 29.0. The fourth-order valence-corrected chi connectivity index (χ4v) is 5.83. The number of methoxy groups -OCH3 is 1. The molecule has 4 aromatic rings. The maximum absolute atomic E-state index is 13.4. The molecule has 3 amide bonds. The van der Waals surface area contributed by atoms with Crippen LogP contribution in [0, 0.1) is 5.92 Å². The van der Waals surface area contributed by atoms with Crippen LogP contribution in [0.5, 0.6) is 5.75 Å². The topological polar surface area (TPSA) is 115 Å². The molecule has 11 heteroatoms.